The van der Waals surface area contributed by atoms with Crippen LogP contribution < -0.4 is 5.32 Å². The summed E-state index contributed by atoms with van der Waals surface area (Å²) in [5, 5.41) is 3.51. The molecule has 0 fully saturated rings. The quantitative estimate of drug-likeness (QED) is 0.913. The van der Waals surface area contributed by atoms with Gasteiger partial charge in [0.05, 0.1) is 12.0 Å². The van der Waals surface area contributed by atoms with Crippen molar-refractivity contribution in [3.05, 3.63) is 47.5 Å². The Bertz CT molecular complexity index is 562. The highest BCUT2D eigenvalue weighted by atomic mass is 15.1. The molecule has 19 heavy (non-hydrogen) atoms. The first kappa shape index (κ1) is 13.8. The zero-order valence-corrected chi connectivity index (χ0v) is 12.5. The van der Waals surface area contributed by atoms with Crippen molar-refractivity contribution in [1.29, 1.82) is 0 Å². The average molecular weight is 257 g/mol. The minimum absolute atomic E-state index is 0.108. The van der Waals surface area contributed by atoms with Crippen molar-refractivity contribution in [3.8, 4) is 5.69 Å². The molecule has 0 saturated carbocycles. The summed E-state index contributed by atoms with van der Waals surface area (Å²) in [4.78, 5) is 4.29. The predicted molar refractivity (Wildman–Crippen MR) is 79.6 cm³/mol. The summed E-state index contributed by atoms with van der Waals surface area (Å²) in [5.41, 5.74) is 5.04. The molecule has 1 aromatic heterocycles. The van der Waals surface area contributed by atoms with E-state index < -0.39 is 0 Å². The van der Waals surface area contributed by atoms with Gasteiger partial charge in [0.2, 0.25) is 0 Å². The topological polar surface area (TPSA) is 29.9 Å². The molecule has 1 N–H and O–H groups in total. The molecular weight excluding hydrogens is 234 g/mol. The molecule has 0 atom stereocenters. The minimum atomic E-state index is 0.108. The van der Waals surface area contributed by atoms with E-state index in [1.54, 1.807) is 0 Å². The van der Waals surface area contributed by atoms with Crippen molar-refractivity contribution in [2.45, 2.75) is 46.7 Å². The summed E-state index contributed by atoms with van der Waals surface area (Å²) in [7, 11) is 0. The van der Waals surface area contributed by atoms with Crippen LogP contribution >= 0.6 is 0 Å². The van der Waals surface area contributed by atoms with Crippen LogP contribution in [-0.2, 0) is 6.54 Å². The summed E-state index contributed by atoms with van der Waals surface area (Å²) in [6.07, 6.45) is 3.82. The van der Waals surface area contributed by atoms with Crippen LogP contribution in [0.2, 0.25) is 0 Å². The van der Waals surface area contributed by atoms with Gasteiger partial charge in [0.25, 0.3) is 0 Å². The Labute approximate surface area is 115 Å². The molecule has 1 aromatic carbocycles. The molecule has 102 valence electrons. The van der Waals surface area contributed by atoms with E-state index >= 15 is 0 Å². The van der Waals surface area contributed by atoms with E-state index in [9.17, 15) is 0 Å². The van der Waals surface area contributed by atoms with Crippen LogP contribution in [0.5, 0.6) is 0 Å². The summed E-state index contributed by atoms with van der Waals surface area (Å²) in [6.45, 7) is 11.6. The van der Waals surface area contributed by atoms with Gasteiger partial charge in [0, 0.05) is 24.0 Å². The summed E-state index contributed by atoms with van der Waals surface area (Å²) < 4.78 is 2.17. The fourth-order valence-electron chi connectivity index (χ4n) is 2.00. The normalized spacial score (nSPS) is 11.8. The van der Waals surface area contributed by atoms with Gasteiger partial charge in [-0.05, 0) is 51.8 Å². The third kappa shape index (κ3) is 3.44. The number of aromatic nitrogens is 2. The van der Waals surface area contributed by atoms with E-state index in [1.165, 1.54) is 22.5 Å². The molecule has 0 aliphatic rings. The highest BCUT2D eigenvalue weighted by molar-refractivity contribution is 5.44. The van der Waals surface area contributed by atoms with Gasteiger partial charge in [-0.1, -0.05) is 12.1 Å². The second-order valence-corrected chi connectivity index (χ2v) is 6.15. The molecular formula is C16H23N3. The van der Waals surface area contributed by atoms with Gasteiger partial charge >= 0.3 is 0 Å². The van der Waals surface area contributed by atoms with Gasteiger partial charge in [0.15, 0.2) is 0 Å². The molecule has 0 saturated heterocycles. The van der Waals surface area contributed by atoms with Crippen molar-refractivity contribution >= 4 is 0 Å². The van der Waals surface area contributed by atoms with Crippen molar-refractivity contribution in [2.75, 3.05) is 0 Å². The molecule has 0 radical (unpaired) electrons. The van der Waals surface area contributed by atoms with E-state index in [4.69, 9.17) is 0 Å². The van der Waals surface area contributed by atoms with Crippen LogP contribution in [0.1, 0.15) is 37.6 Å². The SMILES string of the molecule is Cc1ccc(C)c(-n2cncc2CNC(C)(C)C)c1. The second kappa shape index (κ2) is 5.17. The lowest BCUT2D eigenvalue weighted by Crippen LogP contribution is -2.35. The van der Waals surface area contributed by atoms with Crippen LogP contribution in [0.3, 0.4) is 0 Å². The third-order valence-electron chi connectivity index (χ3n) is 3.14. The van der Waals surface area contributed by atoms with Gasteiger partial charge < -0.3 is 9.88 Å². The Balaban J connectivity index is 2.31. The number of nitrogens with zero attached hydrogens (tertiary/aromatic N) is 2. The van der Waals surface area contributed by atoms with Crippen molar-refractivity contribution in [3.63, 3.8) is 0 Å². The van der Waals surface area contributed by atoms with Crippen molar-refractivity contribution < 1.29 is 0 Å². The highest BCUT2D eigenvalue weighted by Gasteiger charge is 2.12. The molecule has 3 heteroatoms. The largest absolute Gasteiger partial charge is 0.306 e. The number of benzene rings is 1. The van der Waals surface area contributed by atoms with E-state index in [0.29, 0.717) is 0 Å². The van der Waals surface area contributed by atoms with Gasteiger partial charge in [0.1, 0.15) is 0 Å². The lowest BCUT2D eigenvalue weighted by atomic mass is 10.1. The predicted octanol–water partition coefficient (Wildman–Crippen LogP) is 3.38. The van der Waals surface area contributed by atoms with Crippen LogP contribution in [0.15, 0.2) is 30.7 Å². The second-order valence-electron chi connectivity index (χ2n) is 6.15. The van der Waals surface area contributed by atoms with Gasteiger partial charge in [-0.3, -0.25) is 0 Å². The maximum atomic E-state index is 4.29. The first-order valence-electron chi connectivity index (χ1n) is 6.71. The smallest absolute Gasteiger partial charge is 0.0994 e. The first-order chi connectivity index (χ1) is 8.87. The lowest BCUT2D eigenvalue weighted by Gasteiger charge is -2.21. The third-order valence-corrected chi connectivity index (χ3v) is 3.14. The monoisotopic (exact) mass is 257 g/mol. The summed E-state index contributed by atoms with van der Waals surface area (Å²) in [5.74, 6) is 0. The number of imidazole rings is 1. The zero-order valence-electron chi connectivity index (χ0n) is 12.5. The molecule has 2 rings (SSSR count). The fourth-order valence-corrected chi connectivity index (χ4v) is 2.00. The highest BCUT2D eigenvalue weighted by Crippen LogP contribution is 2.18. The minimum Gasteiger partial charge on any atom is -0.306 e. The maximum absolute atomic E-state index is 4.29. The number of hydrogen-bond acceptors (Lipinski definition) is 2. The molecule has 3 nitrogen and oxygen atoms in total. The van der Waals surface area contributed by atoms with Crippen LogP contribution in [-0.4, -0.2) is 15.1 Å². The molecule has 0 amide bonds. The fraction of sp³-hybridized carbons (Fsp3) is 0.438. The van der Waals surface area contributed by atoms with Gasteiger partial charge in [-0.25, -0.2) is 4.98 Å². The van der Waals surface area contributed by atoms with E-state index in [-0.39, 0.29) is 5.54 Å². The van der Waals surface area contributed by atoms with Gasteiger partial charge in [-0.15, -0.1) is 0 Å². The number of hydrogen-bond donors (Lipinski definition) is 1. The van der Waals surface area contributed by atoms with Crippen LogP contribution in [0, 0.1) is 13.8 Å². The molecule has 0 spiro atoms. The number of rotatable bonds is 3. The van der Waals surface area contributed by atoms with E-state index in [2.05, 4.69) is 67.7 Å². The summed E-state index contributed by atoms with van der Waals surface area (Å²) in [6, 6.07) is 6.51. The first-order valence-corrected chi connectivity index (χ1v) is 6.71. The molecule has 2 aromatic rings. The molecule has 0 unspecified atom stereocenters. The standard InChI is InChI=1S/C16H23N3/c1-12-6-7-13(2)15(8-12)19-11-17-9-14(19)10-18-16(3,4)5/h6-9,11,18H,10H2,1-5H3. The number of aryl methyl sites for hydroxylation is 2. The Kier molecular flexibility index (Phi) is 3.76. The van der Waals surface area contributed by atoms with Crippen molar-refractivity contribution in [1.82, 2.24) is 14.9 Å². The van der Waals surface area contributed by atoms with Crippen LogP contribution in [0.25, 0.3) is 5.69 Å². The number of nitrogens with one attached hydrogen (secondary N) is 1. The Hall–Kier alpha value is -1.61. The Morgan fingerprint density at radius 3 is 2.63 bits per heavy atom. The maximum Gasteiger partial charge on any atom is 0.0994 e. The van der Waals surface area contributed by atoms with E-state index in [1.807, 2.05) is 12.5 Å². The Morgan fingerprint density at radius 1 is 1.21 bits per heavy atom. The van der Waals surface area contributed by atoms with Crippen LogP contribution in [0.4, 0.5) is 0 Å². The summed E-state index contributed by atoms with van der Waals surface area (Å²) >= 11 is 0. The molecule has 1 heterocycles. The molecule has 0 aliphatic heterocycles. The van der Waals surface area contributed by atoms with Gasteiger partial charge in [-0.2, -0.15) is 0 Å². The lowest BCUT2D eigenvalue weighted by molar-refractivity contribution is 0.419. The molecule has 0 bridgehead atoms. The van der Waals surface area contributed by atoms with E-state index in [0.717, 1.165) is 6.54 Å². The molecule has 0 aliphatic carbocycles. The zero-order chi connectivity index (χ0) is 14.0. The average Bonchev–Trinajstić information content (AvgIpc) is 2.77. The van der Waals surface area contributed by atoms with Crippen molar-refractivity contribution in [2.24, 2.45) is 0 Å². The Morgan fingerprint density at radius 2 is 1.95 bits per heavy atom.